The lowest BCUT2D eigenvalue weighted by Crippen LogP contribution is -2.33. The predicted octanol–water partition coefficient (Wildman–Crippen LogP) is 0.827. The standard InChI is InChI=1S/C11H19N3O3S/c1-9(6-7-17-3)14-18(15,16)10-4-5-11(12-2)13-8-10/h4-5,8-9,14H,6-7H2,1-3H3,(H,12,13). The molecule has 18 heavy (non-hydrogen) atoms. The van der Waals surface area contributed by atoms with E-state index in [0.29, 0.717) is 18.8 Å². The van der Waals surface area contributed by atoms with Gasteiger partial charge in [0.2, 0.25) is 10.0 Å². The van der Waals surface area contributed by atoms with Crippen LogP contribution < -0.4 is 10.0 Å². The molecule has 102 valence electrons. The van der Waals surface area contributed by atoms with Gasteiger partial charge in [0.15, 0.2) is 0 Å². The van der Waals surface area contributed by atoms with Crippen molar-refractivity contribution in [2.24, 2.45) is 0 Å². The van der Waals surface area contributed by atoms with Gasteiger partial charge in [-0.05, 0) is 25.5 Å². The molecule has 0 saturated carbocycles. The first kappa shape index (κ1) is 14.9. The summed E-state index contributed by atoms with van der Waals surface area (Å²) in [6.07, 6.45) is 1.95. The number of nitrogens with one attached hydrogen (secondary N) is 2. The van der Waals surface area contributed by atoms with Crippen molar-refractivity contribution in [2.45, 2.75) is 24.3 Å². The van der Waals surface area contributed by atoms with Crippen LogP contribution in [0.15, 0.2) is 23.2 Å². The molecule has 0 amide bonds. The van der Waals surface area contributed by atoms with E-state index >= 15 is 0 Å². The number of hydrogen-bond donors (Lipinski definition) is 2. The van der Waals surface area contributed by atoms with Crippen molar-refractivity contribution < 1.29 is 13.2 Å². The molecular weight excluding hydrogens is 254 g/mol. The summed E-state index contributed by atoms with van der Waals surface area (Å²) in [6, 6.07) is 2.96. The zero-order valence-electron chi connectivity index (χ0n) is 10.8. The molecule has 0 aromatic carbocycles. The summed E-state index contributed by atoms with van der Waals surface area (Å²) in [6.45, 7) is 2.31. The Labute approximate surface area is 108 Å². The average molecular weight is 273 g/mol. The molecule has 0 aliphatic carbocycles. The minimum absolute atomic E-state index is 0.158. The third kappa shape index (κ3) is 4.25. The van der Waals surface area contributed by atoms with E-state index < -0.39 is 10.0 Å². The molecule has 1 heterocycles. The lowest BCUT2D eigenvalue weighted by molar-refractivity contribution is 0.188. The average Bonchev–Trinajstić information content (AvgIpc) is 2.36. The van der Waals surface area contributed by atoms with Gasteiger partial charge in [0, 0.05) is 33.0 Å². The largest absolute Gasteiger partial charge is 0.385 e. The lowest BCUT2D eigenvalue weighted by Gasteiger charge is -2.13. The van der Waals surface area contributed by atoms with Gasteiger partial charge < -0.3 is 10.1 Å². The van der Waals surface area contributed by atoms with Crippen LogP contribution in [0.4, 0.5) is 5.82 Å². The number of hydrogen-bond acceptors (Lipinski definition) is 5. The van der Waals surface area contributed by atoms with Gasteiger partial charge in [0.25, 0.3) is 0 Å². The highest BCUT2D eigenvalue weighted by Gasteiger charge is 2.17. The Balaban J connectivity index is 2.73. The van der Waals surface area contributed by atoms with Crippen LogP contribution in [0.1, 0.15) is 13.3 Å². The van der Waals surface area contributed by atoms with E-state index in [-0.39, 0.29) is 10.9 Å². The molecule has 0 aliphatic heterocycles. The topological polar surface area (TPSA) is 80.3 Å². The predicted molar refractivity (Wildman–Crippen MR) is 70.1 cm³/mol. The van der Waals surface area contributed by atoms with E-state index in [4.69, 9.17) is 4.74 Å². The van der Waals surface area contributed by atoms with Gasteiger partial charge in [-0.25, -0.2) is 18.1 Å². The van der Waals surface area contributed by atoms with Crippen molar-refractivity contribution in [1.82, 2.24) is 9.71 Å². The lowest BCUT2D eigenvalue weighted by atomic mass is 10.3. The monoisotopic (exact) mass is 273 g/mol. The number of methoxy groups -OCH3 is 1. The molecular formula is C11H19N3O3S. The number of sulfonamides is 1. The second-order valence-electron chi connectivity index (χ2n) is 3.93. The molecule has 0 radical (unpaired) electrons. The van der Waals surface area contributed by atoms with Crippen LogP contribution in [-0.2, 0) is 14.8 Å². The van der Waals surface area contributed by atoms with E-state index in [1.165, 1.54) is 12.3 Å². The van der Waals surface area contributed by atoms with Gasteiger partial charge in [-0.1, -0.05) is 0 Å². The summed E-state index contributed by atoms with van der Waals surface area (Å²) >= 11 is 0. The van der Waals surface area contributed by atoms with Crippen molar-refractivity contribution in [3.05, 3.63) is 18.3 Å². The fourth-order valence-electron chi connectivity index (χ4n) is 1.37. The number of rotatable bonds is 7. The normalized spacial score (nSPS) is 13.3. The van der Waals surface area contributed by atoms with Crippen molar-refractivity contribution in [2.75, 3.05) is 26.1 Å². The Hall–Kier alpha value is -1.18. The first-order valence-corrected chi connectivity index (χ1v) is 7.13. The van der Waals surface area contributed by atoms with Crippen LogP contribution in [-0.4, -0.2) is 40.2 Å². The smallest absolute Gasteiger partial charge is 0.242 e. The van der Waals surface area contributed by atoms with E-state index in [2.05, 4.69) is 15.0 Å². The summed E-state index contributed by atoms with van der Waals surface area (Å²) in [5.74, 6) is 0.626. The zero-order chi connectivity index (χ0) is 13.6. The minimum Gasteiger partial charge on any atom is -0.385 e. The van der Waals surface area contributed by atoms with Crippen LogP contribution in [0.2, 0.25) is 0 Å². The van der Waals surface area contributed by atoms with Crippen LogP contribution in [0.5, 0.6) is 0 Å². The number of anilines is 1. The summed E-state index contributed by atoms with van der Waals surface area (Å²) < 4.78 is 31.5. The third-order valence-electron chi connectivity index (χ3n) is 2.41. The fourth-order valence-corrected chi connectivity index (χ4v) is 2.60. The van der Waals surface area contributed by atoms with Crippen molar-refractivity contribution in [3.63, 3.8) is 0 Å². The van der Waals surface area contributed by atoms with Gasteiger partial charge in [-0.2, -0.15) is 0 Å². The third-order valence-corrected chi connectivity index (χ3v) is 3.99. The van der Waals surface area contributed by atoms with E-state index in [1.54, 1.807) is 27.1 Å². The molecule has 1 unspecified atom stereocenters. The molecule has 1 atom stereocenters. The van der Waals surface area contributed by atoms with Gasteiger partial charge >= 0.3 is 0 Å². The number of nitrogens with zero attached hydrogens (tertiary/aromatic N) is 1. The Morgan fingerprint density at radius 1 is 1.44 bits per heavy atom. The van der Waals surface area contributed by atoms with Gasteiger partial charge in [0.05, 0.1) is 0 Å². The first-order chi connectivity index (χ1) is 8.49. The molecule has 1 aromatic heterocycles. The second-order valence-corrected chi connectivity index (χ2v) is 5.65. The maximum atomic E-state index is 12.0. The Morgan fingerprint density at radius 3 is 2.67 bits per heavy atom. The zero-order valence-corrected chi connectivity index (χ0v) is 11.6. The Morgan fingerprint density at radius 2 is 2.17 bits per heavy atom. The number of ether oxygens (including phenoxy) is 1. The quantitative estimate of drug-likeness (QED) is 0.769. The molecule has 0 saturated heterocycles. The van der Waals surface area contributed by atoms with E-state index in [0.717, 1.165) is 0 Å². The summed E-state index contributed by atoms with van der Waals surface area (Å²) in [5.41, 5.74) is 0. The molecule has 1 rings (SSSR count). The first-order valence-electron chi connectivity index (χ1n) is 5.64. The maximum absolute atomic E-state index is 12.0. The molecule has 0 aliphatic rings. The molecule has 1 aromatic rings. The van der Waals surface area contributed by atoms with E-state index in [9.17, 15) is 8.42 Å². The molecule has 2 N–H and O–H groups in total. The highest BCUT2D eigenvalue weighted by atomic mass is 32.2. The van der Waals surface area contributed by atoms with Crippen LogP contribution in [0.25, 0.3) is 0 Å². The summed E-state index contributed by atoms with van der Waals surface area (Å²) in [5, 5.41) is 2.83. The SMILES string of the molecule is CNc1ccc(S(=O)(=O)NC(C)CCOC)cn1. The molecule has 6 nitrogen and oxygen atoms in total. The number of aromatic nitrogens is 1. The highest BCUT2D eigenvalue weighted by molar-refractivity contribution is 7.89. The maximum Gasteiger partial charge on any atom is 0.242 e. The fraction of sp³-hybridized carbons (Fsp3) is 0.545. The number of pyridine rings is 1. The van der Waals surface area contributed by atoms with Crippen LogP contribution in [0, 0.1) is 0 Å². The summed E-state index contributed by atoms with van der Waals surface area (Å²) in [4.78, 5) is 4.14. The summed E-state index contributed by atoms with van der Waals surface area (Å²) in [7, 11) is -0.202. The van der Waals surface area contributed by atoms with Crippen molar-refractivity contribution in [1.29, 1.82) is 0 Å². The molecule has 0 spiro atoms. The molecule has 0 fully saturated rings. The Bertz CT molecular complexity index is 459. The second kappa shape index (κ2) is 6.67. The molecule has 7 heteroatoms. The van der Waals surface area contributed by atoms with Gasteiger partial charge in [0.1, 0.15) is 10.7 Å². The highest BCUT2D eigenvalue weighted by Crippen LogP contribution is 2.11. The minimum atomic E-state index is -3.51. The van der Waals surface area contributed by atoms with Crippen molar-refractivity contribution >= 4 is 15.8 Å². The Kier molecular flexibility index (Phi) is 5.52. The van der Waals surface area contributed by atoms with E-state index in [1.807, 2.05) is 0 Å². The van der Waals surface area contributed by atoms with Crippen LogP contribution in [0.3, 0.4) is 0 Å². The van der Waals surface area contributed by atoms with Gasteiger partial charge in [-0.3, -0.25) is 0 Å². The van der Waals surface area contributed by atoms with Crippen molar-refractivity contribution in [3.8, 4) is 0 Å². The molecule has 0 bridgehead atoms. The van der Waals surface area contributed by atoms with Gasteiger partial charge in [-0.15, -0.1) is 0 Å². The van der Waals surface area contributed by atoms with Crippen LogP contribution >= 0.6 is 0 Å².